The van der Waals surface area contributed by atoms with Crippen molar-refractivity contribution in [3.05, 3.63) is 12.4 Å². The van der Waals surface area contributed by atoms with Gasteiger partial charge in [0.1, 0.15) is 11.4 Å². The maximum absolute atomic E-state index is 12.5. The summed E-state index contributed by atoms with van der Waals surface area (Å²) in [5.41, 5.74) is -0.409. The second kappa shape index (κ2) is 4.61. The van der Waals surface area contributed by atoms with Gasteiger partial charge in [-0.3, -0.25) is 9.48 Å². The second-order valence-electron chi connectivity index (χ2n) is 5.26. The normalized spacial score (nSPS) is 19.7. The minimum Gasteiger partial charge on any atom is -0.480 e. The van der Waals surface area contributed by atoms with E-state index in [2.05, 4.69) is 5.10 Å². The van der Waals surface area contributed by atoms with E-state index in [0.29, 0.717) is 6.54 Å². The molecule has 1 N–H and O–H groups in total. The number of sulfonamides is 1. The first-order valence-corrected chi connectivity index (χ1v) is 7.44. The van der Waals surface area contributed by atoms with Gasteiger partial charge in [0.05, 0.1) is 6.20 Å². The maximum atomic E-state index is 12.5. The molecule has 19 heavy (non-hydrogen) atoms. The highest BCUT2D eigenvalue weighted by molar-refractivity contribution is 7.89. The molecule has 2 rings (SSSR count). The first-order chi connectivity index (χ1) is 8.73. The zero-order chi connectivity index (χ0) is 14.3. The van der Waals surface area contributed by atoms with Crippen molar-refractivity contribution in [1.82, 2.24) is 14.1 Å². The van der Waals surface area contributed by atoms with Crippen LogP contribution in [0.15, 0.2) is 17.3 Å². The number of aromatic nitrogens is 2. The summed E-state index contributed by atoms with van der Waals surface area (Å²) >= 11 is 0. The van der Waals surface area contributed by atoms with Crippen LogP contribution in [0.5, 0.6) is 0 Å². The molecular formula is C11H17N3O4S. The molecule has 0 amide bonds. The van der Waals surface area contributed by atoms with Crippen molar-refractivity contribution in [2.24, 2.45) is 0 Å². The van der Waals surface area contributed by atoms with E-state index in [-0.39, 0.29) is 11.4 Å². The summed E-state index contributed by atoms with van der Waals surface area (Å²) in [4.78, 5) is 10.6. The predicted octanol–water partition coefficient (Wildman–Crippen LogP) is 0.531. The lowest BCUT2D eigenvalue weighted by Crippen LogP contribution is -2.42. The topological polar surface area (TPSA) is 92.5 Å². The van der Waals surface area contributed by atoms with E-state index in [9.17, 15) is 13.2 Å². The molecule has 2 heterocycles. The van der Waals surface area contributed by atoms with Gasteiger partial charge in [0.15, 0.2) is 0 Å². The molecule has 0 bridgehead atoms. The van der Waals surface area contributed by atoms with Crippen LogP contribution in [-0.4, -0.2) is 45.7 Å². The smallest absolute Gasteiger partial charge is 0.325 e. The molecule has 1 aliphatic rings. The molecule has 0 saturated carbocycles. The molecule has 8 heteroatoms. The largest absolute Gasteiger partial charge is 0.480 e. The van der Waals surface area contributed by atoms with Gasteiger partial charge in [0, 0.05) is 18.3 Å². The zero-order valence-electron chi connectivity index (χ0n) is 10.9. The average Bonchev–Trinajstić information content (AvgIpc) is 2.84. The van der Waals surface area contributed by atoms with Crippen LogP contribution in [0.4, 0.5) is 0 Å². The van der Waals surface area contributed by atoms with E-state index in [1.54, 1.807) is 0 Å². The summed E-state index contributed by atoms with van der Waals surface area (Å²) in [5.74, 6) is -1.06. The fourth-order valence-corrected chi connectivity index (χ4v) is 4.16. The monoisotopic (exact) mass is 287 g/mol. The highest BCUT2D eigenvalue weighted by Crippen LogP contribution is 2.33. The summed E-state index contributed by atoms with van der Waals surface area (Å²) in [6, 6.07) is 0. The molecule has 1 fully saturated rings. The lowest BCUT2D eigenvalue weighted by atomic mass is 10.0. The van der Waals surface area contributed by atoms with Crippen molar-refractivity contribution in [1.29, 1.82) is 0 Å². The van der Waals surface area contributed by atoms with Crippen molar-refractivity contribution >= 4 is 16.0 Å². The molecule has 1 aliphatic heterocycles. The summed E-state index contributed by atoms with van der Waals surface area (Å²) in [7, 11) is -3.60. The Kier molecular flexibility index (Phi) is 3.40. The molecule has 0 atom stereocenters. The third-order valence-electron chi connectivity index (χ3n) is 3.32. The lowest BCUT2D eigenvalue weighted by molar-refractivity contribution is -0.137. The third kappa shape index (κ3) is 2.64. The van der Waals surface area contributed by atoms with Gasteiger partial charge >= 0.3 is 5.97 Å². The van der Waals surface area contributed by atoms with Crippen LogP contribution < -0.4 is 0 Å². The van der Waals surface area contributed by atoms with Crippen molar-refractivity contribution in [2.75, 3.05) is 6.54 Å². The van der Waals surface area contributed by atoms with Gasteiger partial charge < -0.3 is 5.11 Å². The summed E-state index contributed by atoms with van der Waals surface area (Å²) < 4.78 is 27.5. The number of rotatable bonds is 4. The Morgan fingerprint density at radius 3 is 2.74 bits per heavy atom. The molecule has 106 valence electrons. The van der Waals surface area contributed by atoms with Crippen molar-refractivity contribution in [3.63, 3.8) is 0 Å². The van der Waals surface area contributed by atoms with E-state index >= 15 is 0 Å². The Morgan fingerprint density at radius 2 is 2.21 bits per heavy atom. The second-order valence-corrected chi connectivity index (χ2v) is 7.12. The minimum atomic E-state index is -3.60. The maximum Gasteiger partial charge on any atom is 0.325 e. The quantitative estimate of drug-likeness (QED) is 0.872. The minimum absolute atomic E-state index is 0.0451. The molecule has 1 aromatic rings. The number of aliphatic carboxylic acids is 1. The Labute approximate surface area is 111 Å². The van der Waals surface area contributed by atoms with E-state index in [0.717, 1.165) is 17.5 Å². The van der Waals surface area contributed by atoms with Gasteiger partial charge in [-0.1, -0.05) is 0 Å². The Morgan fingerprint density at radius 1 is 1.53 bits per heavy atom. The van der Waals surface area contributed by atoms with Gasteiger partial charge in [-0.25, -0.2) is 8.42 Å². The number of nitrogens with zero attached hydrogens (tertiary/aromatic N) is 3. The molecule has 0 aliphatic carbocycles. The number of carboxylic acid groups (broad SMARTS) is 1. The third-order valence-corrected chi connectivity index (χ3v) is 5.38. The number of carbonyl (C=O) groups is 1. The Balaban J connectivity index is 2.30. The molecule has 1 aromatic heterocycles. The first-order valence-electron chi connectivity index (χ1n) is 6.00. The molecule has 7 nitrogen and oxygen atoms in total. The van der Waals surface area contributed by atoms with Crippen LogP contribution in [-0.2, 0) is 21.4 Å². The summed E-state index contributed by atoms with van der Waals surface area (Å²) in [6.45, 7) is 3.91. The fraction of sp³-hybridized carbons (Fsp3) is 0.636. The fourth-order valence-electron chi connectivity index (χ4n) is 2.36. The van der Waals surface area contributed by atoms with Gasteiger partial charge in [-0.15, -0.1) is 0 Å². The highest BCUT2D eigenvalue weighted by Gasteiger charge is 2.41. The Hall–Kier alpha value is -1.41. The van der Waals surface area contributed by atoms with Gasteiger partial charge in [-0.2, -0.15) is 9.40 Å². The van der Waals surface area contributed by atoms with E-state index in [1.165, 1.54) is 16.7 Å². The zero-order valence-corrected chi connectivity index (χ0v) is 11.7. The molecule has 0 radical (unpaired) electrons. The lowest BCUT2D eigenvalue weighted by Gasteiger charge is -2.29. The van der Waals surface area contributed by atoms with Crippen LogP contribution in [0.3, 0.4) is 0 Å². The predicted molar refractivity (Wildman–Crippen MR) is 67.1 cm³/mol. The van der Waals surface area contributed by atoms with Crippen molar-refractivity contribution in [3.8, 4) is 0 Å². The molecule has 0 spiro atoms. The van der Waals surface area contributed by atoms with E-state index < -0.39 is 21.5 Å². The van der Waals surface area contributed by atoms with Crippen LogP contribution in [0, 0.1) is 0 Å². The molecule has 0 unspecified atom stereocenters. The number of carboxylic acids is 1. The Bertz CT molecular complexity index is 591. The van der Waals surface area contributed by atoms with Crippen LogP contribution in [0.1, 0.15) is 26.7 Å². The van der Waals surface area contributed by atoms with Crippen LogP contribution in [0.25, 0.3) is 0 Å². The standard InChI is InChI=1S/C11H17N3O4S/c1-11(2)4-3-5-14(11)19(17,18)9-6-12-13(7-9)8-10(15)16/h6-7H,3-5,8H2,1-2H3,(H,15,16). The highest BCUT2D eigenvalue weighted by atomic mass is 32.2. The van der Waals surface area contributed by atoms with Gasteiger partial charge in [0.2, 0.25) is 10.0 Å². The summed E-state index contributed by atoms with van der Waals surface area (Å²) in [6.07, 6.45) is 4.11. The van der Waals surface area contributed by atoms with Crippen LogP contribution >= 0.6 is 0 Å². The summed E-state index contributed by atoms with van der Waals surface area (Å²) in [5, 5.41) is 12.4. The van der Waals surface area contributed by atoms with Crippen molar-refractivity contribution in [2.45, 2.75) is 43.7 Å². The first kappa shape index (κ1) is 14.0. The molecular weight excluding hydrogens is 270 g/mol. The average molecular weight is 287 g/mol. The van der Waals surface area contributed by atoms with Crippen molar-refractivity contribution < 1.29 is 18.3 Å². The molecule has 1 saturated heterocycles. The SMILES string of the molecule is CC1(C)CCCN1S(=O)(=O)c1cnn(CC(=O)O)c1. The molecule has 0 aromatic carbocycles. The van der Waals surface area contributed by atoms with Crippen LogP contribution in [0.2, 0.25) is 0 Å². The number of hydrogen-bond donors (Lipinski definition) is 1. The van der Waals surface area contributed by atoms with E-state index in [4.69, 9.17) is 5.11 Å². The van der Waals surface area contributed by atoms with E-state index in [1.807, 2.05) is 13.8 Å². The van der Waals surface area contributed by atoms with Gasteiger partial charge in [-0.05, 0) is 26.7 Å². The number of hydrogen-bond acceptors (Lipinski definition) is 4. The van der Waals surface area contributed by atoms with Gasteiger partial charge in [0.25, 0.3) is 0 Å².